The third kappa shape index (κ3) is 9.86. The minimum atomic E-state index is -0.442. The predicted molar refractivity (Wildman–Crippen MR) is 138 cm³/mol. The Labute approximate surface area is 206 Å². The molecule has 1 aliphatic heterocycles. The van der Waals surface area contributed by atoms with Crippen molar-refractivity contribution in [1.82, 2.24) is 9.80 Å². The van der Waals surface area contributed by atoms with Gasteiger partial charge in [-0.25, -0.2) is 4.79 Å². The van der Waals surface area contributed by atoms with Crippen molar-refractivity contribution in [1.29, 1.82) is 0 Å². The maximum atomic E-state index is 12.2. The van der Waals surface area contributed by atoms with Crippen molar-refractivity contribution in [3.63, 3.8) is 0 Å². The first-order chi connectivity index (χ1) is 16.4. The number of carbonyl (C=O) groups excluding carboxylic acids is 1. The lowest BCUT2D eigenvalue weighted by molar-refractivity contribution is -0.0122. The summed E-state index contributed by atoms with van der Waals surface area (Å²) < 4.78 is 11.6. The fraction of sp³-hybridized carbons (Fsp3) is 0.552. The average molecular weight is 467 g/mol. The summed E-state index contributed by atoms with van der Waals surface area (Å²) in [5.74, 6) is 0. The van der Waals surface area contributed by atoms with Gasteiger partial charge in [-0.15, -0.1) is 0 Å². The van der Waals surface area contributed by atoms with E-state index in [1.54, 1.807) is 4.90 Å². The number of likely N-dealkylation sites (tertiary alicyclic amines) is 1. The number of amides is 1. The summed E-state index contributed by atoms with van der Waals surface area (Å²) >= 11 is 0. The fourth-order valence-corrected chi connectivity index (χ4v) is 4.29. The minimum Gasteiger partial charge on any atom is -0.444 e. The first kappa shape index (κ1) is 26.2. The quantitative estimate of drug-likeness (QED) is 0.366. The molecule has 0 aliphatic carbocycles. The summed E-state index contributed by atoms with van der Waals surface area (Å²) in [5, 5.41) is 0. The molecule has 5 heteroatoms. The summed E-state index contributed by atoms with van der Waals surface area (Å²) in [6.45, 7) is 11.0. The van der Waals surface area contributed by atoms with Gasteiger partial charge in [-0.2, -0.15) is 0 Å². The third-order valence-electron chi connectivity index (χ3n) is 6.06. The largest absolute Gasteiger partial charge is 0.444 e. The Morgan fingerprint density at radius 3 is 1.97 bits per heavy atom. The number of hydrogen-bond donors (Lipinski definition) is 0. The van der Waals surface area contributed by atoms with Gasteiger partial charge in [-0.1, -0.05) is 60.7 Å². The van der Waals surface area contributed by atoms with E-state index in [0.29, 0.717) is 13.1 Å². The number of unbranched alkanes of at least 4 members (excludes halogenated alkanes) is 2. The van der Waals surface area contributed by atoms with Gasteiger partial charge in [0.1, 0.15) is 5.60 Å². The first-order valence-electron chi connectivity index (χ1n) is 12.8. The van der Waals surface area contributed by atoms with Crippen molar-refractivity contribution in [2.45, 2.75) is 77.7 Å². The molecule has 0 saturated carbocycles. The van der Waals surface area contributed by atoms with Crippen LogP contribution in [-0.4, -0.2) is 53.8 Å². The van der Waals surface area contributed by atoms with Crippen molar-refractivity contribution in [3.8, 4) is 0 Å². The molecule has 1 saturated heterocycles. The van der Waals surface area contributed by atoms with Gasteiger partial charge in [0.2, 0.25) is 0 Å². The van der Waals surface area contributed by atoms with Gasteiger partial charge < -0.3 is 14.4 Å². The highest BCUT2D eigenvalue weighted by atomic mass is 16.6. The second-order valence-corrected chi connectivity index (χ2v) is 10.3. The molecule has 0 unspecified atom stereocenters. The van der Waals surface area contributed by atoms with Crippen LogP contribution >= 0.6 is 0 Å². The van der Waals surface area contributed by atoms with Gasteiger partial charge in [0.05, 0.1) is 6.10 Å². The highest BCUT2D eigenvalue weighted by Gasteiger charge is 2.27. The van der Waals surface area contributed by atoms with Crippen LogP contribution in [0.4, 0.5) is 4.79 Å². The van der Waals surface area contributed by atoms with E-state index >= 15 is 0 Å². The molecule has 1 aliphatic rings. The third-order valence-corrected chi connectivity index (χ3v) is 6.06. The van der Waals surface area contributed by atoms with Crippen LogP contribution in [-0.2, 0) is 22.6 Å². The molecule has 186 valence electrons. The van der Waals surface area contributed by atoms with E-state index in [1.165, 1.54) is 17.5 Å². The van der Waals surface area contributed by atoms with E-state index in [2.05, 4.69) is 65.6 Å². The molecule has 5 nitrogen and oxygen atoms in total. The van der Waals surface area contributed by atoms with E-state index in [9.17, 15) is 4.79 Å². The molecule has 2 aromatic carbocycles. The van der Waals surface area contributed by atoms with Gasteiger partial charge in [-0.3, -0.25) is 4.90 Å². The summed E-state index contributed by atoms with van der Waals surface area (Å²) in [7, 11) is 0. The van der Waals surface area contributed by atoms with Crippen molar-refractivity contribution in [2.24, 2.45) is 0 Å². The molecule has 0 bridgehead atoms. The van der Waals surface area contributed by atoms with Gasteiger partial charge in [0, 0.05) is 32.8 Å². The van der Waals surface area contributed by atoms with E-state index in [0.717, 1.165) is 51.9 Å². The molecule has 0 N–H and O–H groups in total. The van der Waals surface area contributed by atoms with Crippen LogP contribution in [0.5, 0.6) is 0 Å². The fourth-order valence-electron chi connectivity index (χ4n) is 4.29. The van der Waals surface area contributed by atoms with Crippen molar-refractivity contribution in [3.05, 3.63) is 71.8 Å². The van der Waals surface area contributed by atoms with Crippen LogP contribution < -0.4 is 0 Å². The Morgan fingerprint density at radius 1 is 0.882 bits per heavy atom. The Bertz CT molecular complexity index is 786. The average Bonchev–Trinajstić information content (AvgIpc) is 2.82. The second kappa shape index (κ2) is 13.5. The number of hydrogen-bond acceptors (Lipinski definition) is 4. The number of nitrogens with zero attached hydrogens (tertiary/aromatic N) is 2. The van der Waals surface area contributed by atoms with Gasteiger partial charge in [0.15, 0.2) is 0 Å². The second-order valence-electron chi connectivity index (χ2n) is 10.3. The smallest absolute Gasteiger partial charge is 0.410 e. The number of rotatable bonds is 11. The molecule has 0 radical (unpaired) electrons. The van der Waals surface area contributed by atoms with Crippen LogP contribution in [0, 0.1) is 0 Å². The lowest BCUT2D eigenvalue weighted by atomic mass is 10.1. The molecule has 3 rings (SSSR count). The highest BCUT2D eigenvalue weighted by molar-refractivity contribution is 5.68. The van der Waals surface area contributed by atoms with Crippen molar-refractivity contribution in [2.75, 3.05) is 26.2 Å². The molecule has 1 heterocycles. The zero-order valence-electron chi connectivity index (χ0n) is 21.2. The molecular formula is C29H42N2O3. The summed E-state index contributed by atoms with van der Waals surface area (Å²) in [5.41, 5.74) is 2.28. The van der Waals surface area contributed by atoms with Crippen LogP contribution in [0.25, 0.3) is 0 Å². The van der Waals surface area contributed by atoms with Crippen LogP contribution in [0.1, 0.15) is 64.0 Å². The Balaban J connectivity index is 1.32. The highest BCUT2D eigenvalue weighted by Crippen LogP contribution is 2.18. The molecule has 1 amide bonds. The summed E-state index contributed by atoms with van der Waals surface area (Å²) in [6, 6.07) is 21.5. The number of carbonyl (C=O) groups is 1. The lowest BCUT2D eigenvalue weighted by Crippen LogP contribution is -2.43. The standard InChI is InChI=1S/C29H42N2O3/c1-29(2,3)34-28(32)31-20-17-27(18-21-31)33-22-12-6-11-19-30(23-25-13-7-4-8-14-25)24-26-15-9-5-10-16-26/h4-5,7-10,13-16,27H,6,11-12,17-24H2,1-3H3. The number of piperidine rings is 1. The topological polar surface area (TPSA) is 42.0 Å². The number of benzene rings is 2. The van der Waals surface area contributed by atoms with E-state index in [-0.39, 0.29) is 12.2 Å². The lowest BCUT2D eigenvalue weighted by Gasteiger charge is -2.33. The van der Waals surface area contributed by atoms with E-state index in [1.807, 2.05) is 20.8 Å². The molecule has 1 fully saturated rings. The van der Waals surface area contributed by atoms with Crippen LogP contribution in [0.2, 0.25) is 0 Å². The van der Waals surface area contributed by atoms with Gasteiger partial charge in [-0.05, 0) is 70.5 Å². The Kier molecular flexibility index (Phi) is 10.4. The normalized spacial score (nSPS) is 15.0. The van der Waals surface area contributed by atoms with Crippen LogP contribution in [0.15, 0.2) is 60.7 Å². The molecule has 2 aromatic rings. The monoisotopic (exact) mass is 466 g/mol. The summed E-state index contributed by atoms with van der Waals surface area (Å²) in [4.78, 5) is 16.5. The number of ether oxygens (including phenoxy) is 2. The first-order valence-corrected chi connectivity index (χ1v) is 12.8. The SMILES string of the molecule is CC(C)(C)OC(=O)N1CCC(OCCCCCN(Cc2ccccc2)Cc2ccccc2)CC1. The molecule has 34 heavy (non-hydrogen) atoms. The molecule has 0 atom stereocenters. The summed E-state index contributed by atoms with van der Waals surface area (Å²) in [6.07, 6.45) is 5.24. The van der Waals surface area contributed by atoms with Gasteiger partial charge >= 0.3 is 6.09 Å². The minimum absolute atomic E-state index is 0.207. The molecule has 0 spiro atoms. The van der Waals surface area contributed by atoms with E-state index in [4.69, 9.17) is 9.47 Å². The van der Waals surface area contributed by atoms with Crippen molar-refractivity contribution < 1.29 is 14.3 Å². The van der Waals surface area contributed by atoms with E-state index < -0.39 is 5.60 Å². The van der Waals surface area contributed by atoms with Gasteiger partial charge in [0.25, 0.3) is 0 Å². The Hall–Kier alpha value is -2.37. The predicted octanol–water partition coefficient (Wildman–Crippen LogP) is 6.28. The molecule has 0 aromatic heterocycles. The Morgan fingerprint density at radius 2 is 1.44 bits per heavy atom. The zero-order valence-corrected chi connectivity index (χ0v) is 21.2. The maximum absolute atomic E-state index is 12.2. The van der Waals surface area contributed by atoms with Crippen molar-refractivity contribution >= 4 is 6.09 Å². The van der Waals surface area contributed by atoms with Crippen LogP contribution in [0.3, 0.4) is 0 Å². The molecular weight excluding hydrogens is 424 g/mol. The zero-order chi connectivity index (χ0) is 24.2. The maximum Gasteiger partial charge on any atom is 0.410 e.